The van der Waals surface area contributed by atoms with Crippen LogP contribution in [0.25, 0.3) is 0 Å². The summed E-state index contributed by atoms with van der Waals surface area (Å²) in [6, 6.07) is 6.61. The van der Waals surface area contributed by atoms with Crippen molar-refractivity contribution in [3.8, 4) is 0 Å². The molecule has 0 spiro atoms. The highest BCUT2D eigenvalue weighted by Crippen LogP contribution is 2.26. The van der Waals surface area contributed by atoms with Gasteiger partial charge in [0.1, 0.15) is 0 Å². The second-order valence-corrected chi connectivity index (χ2v) is 4.99. The Morgan fingerprint density at radius 2 is 2.18 bits per heavy atom. The third-order valence-electron chi connectivity index (χ3n) is 3.89. The first-order valence-corrected chi connectivity index (χ1v) is 6.66. The van der Waals surface area contributed by atoms with Crippen LogP contribution in [-0.4, -0.2) is 29.5 Å². The Labute approximate surface area is 104 Å². The maximum Gasteiger partial charge on any atom is 0.0572 e. The van der Waals surface area contributed by atoms with Crippen molar-refractivity contribution in [2.45, 2.75) is 32.2 Å². The van der Waals surface area contributed by atoms with Crippen LogP contribution in [0.2, 0.25) is 0 Å². The molecule has 94 valence electrons. The zero-order valence-electron chi connectivity index (χ0n) is 10.7. The molecular weight excluding hydrogens is 210 g/mol. The smallest absolute Gasteiger partial charge is 0.0572 e. The van der Waals surface area contributed by atoms with E-state index in [2.05, 4.69) is 28.9 Å². The number of hydrogen-bond acceptors (Lipinski definition) is 3. The summed E-state index contributed by atoms with van der Waals surface area (Å²) in [5.41, 5.74) is 6.81. The van der Waals surface area contributed by atoms with Crippen LogP contribution >= 0.6 is 0 Å². The summed E-state index contributed by atoms with van der Waals surface area (Å²) in [5, 5.41) is 0. The topological polar surface area (TPSA) is 42.2 Å². The van der Waals surface area contributed by atoms with Gasteiger partial charge in [-0.05, 0) is 63.9 Å². The molecule has 1 saturated heterocycles. The number of piperidine rings is 1. The molecule has 17 heavy (non-hydrogen) atoms. The van der Waals surface area contributed by atoms with E-state index in [-0.39, 0.29) is 0 Å². The van der Waals surface area contributed by atoms with Gasteiger partial charge in [-0.25, -0.2) is 0 Å². The maximum absolute atomic E-state index is 5.62. The van der Waals surface area contributed by atoms with Gasteiger partial charge in [0.15, 0.2) is 0 Å². The fraction of sp³-hybridized carbons (Fsp3) is 0.643. The van der Waals surface area contributed by atoms with Gasteiger partial charge in [-0.2, -0.15) is 0 Å². The Balaban J connectivity index is 1.88. The van der Waals surface area contributed by atoms with E-state index in [4.69, 9.17) is 5.73 Å². The molecule has 2 N–H and O–H groups in total. The molecule has 1 aromatic rings. The van der Waals surface area contributed by atoms with Crippen molar-refractivity contribution in [3.05, 3.63) is 30.1 Å². The van der Waals surface area contributed by atoms with Crippen molar-refractivity contribution < 1.29 is 0 Å². The highest BCUT2D eigenvalue weighted by atomic mass is 15.2. The Bertz CT molecular complexity index is 317. The van der Waals surface area contributed by atoms with Crippen LogP contribution in [0.5, 0.6) is 0 Å². The number of nitrogens with two attached hydrogens (primary N) is 1. The van der Waals surface area contributed by atoms with E-state index in [1.165, 1.54) is 38.0 Å². The largest absolute Gasteiger partial charge is 0.330 e. The van der Waals surface area contributed by atoms with Crippen LogP contribution in [-0.2, 0) is 0 Å². The molecule has 0 saturated carbocycles. The molecule has 1 aromatic heterocycles. The molecule has 1 fully saturated rings. The van der Waals surface area contributed by atoms with E-state index in [1.54, 1.807) is 0 Å². The predicted octanol–water partition coefficient (Wildman–Crippen LogP) is 2.20. The highest BCUT2D eigenvalue weighted by Gasteiger charge is 2.23. The lowest BCUT2D eigenvalue weighted by molar-refractivity contribution is 0.136. The molecule has 0 bridgehead atoms. The summed E-state index contributed by atoms with van der Waals surface area (Å²) in [6.07, 6.45) is 5.64. The predicted molar refractivity (Wildman–Crippen MR) is 70.6 cm³/mol. The van der Waals surface area contributed by atoms with E-state index >= 15 is 0 Å². The van der Waals surface area contributed by atoms with Gasteiger partial charge in [-0.15, -0.1) is 0 Å². The van der Waals surface area contributed by atoms with Crippen molar-refractivity contribution in [1.82, 2.24) is 9.88 Å². The fourth-order valence-electron chi connectivity index (χ4n) is 2.67. The van der Waals surface area contributed by atoms with Crippen LogP contribution in [0.4, 0.5) is 0 Å². The molecule has 3 nitrogen and oxygen atoms in total. The average Bonchev–Trinajstić information content (AvgIpc) is 2.40. The quantitative estimate of drug-likeness (QED) is 0.867. The molecule has 1 aliphatic heterocycles. The molecule has 0 aromatic carbocycles. The lowest BCUT2D eigenvalue weighted by Crippen LogP contribution is -2.36. The number of aromatic nitrogens is 1. The summed E-state index contributed by atoms with van der Waals surface area (Å²) in [4.78, 5) is 6.98. The lowest BCUT2D eigenvalue weighted by atomic mass is 9.92. The van der Waals surface area contributed by atoms with E-state index in [0.717, 1.165) is 12.5 Å². The van der Waals surface area contributed by atoms with Gasteiger partial charge < -0.3 is 5.73 Å². The van der Waals surface area contributed by atoms with Crippen molar-refractivity contribution in [2.75, 3.05) is 19.6 Å². The molecule has 3 heteroatoms. The summed E-state index contributed by atoms with van der Waals surface area (Å²) < 4.78 is 0. The van der Waals surface area contributed by atoms with Gasteiger partial charge in [-0.1, -0.05) is 6.07 Å². The molecule has 1 unspecified atom stereocenters. The van der Waals surface area contributed by atoms with E-state index < -0.39 is 0 Å². The molecule has 2 rings (SSSR count). The van der Waals surface area contributed by atoms with Gasteiger partial charge in [0, 0.05) is 12.2 Å². The second-order valence-electron chi connectivity index (χ2n) is 4.99. The molecule has 1 aliphatic rings. The van der Waals surface area contributed by atoms with Gasteiger partial charge in [0.05, 0.1) is 5.69 Å². The Hall–Kier alpha value is -0.930. The monoisotopic (exact) mass is 233 g/mol. The number of likely N-dealkylation sites (tertiary alicyclic amines) is 1. The van der Waals surface area contributed by atoms with Crippen LogP contribution < -0.4 is 5.73 Å². The van der Waals surface area contributed by atoms with Crippen molar-refractivity contribution >= 4 is 0 Å². The first kappa shape index (κ1) is 12.5. The Morgan fingerprint density at radius 3 is 2.76 bits per heavy atom. The maximum atomic E-state index is 5.62. The van der Waals surface area contributed by atoms with Crippen molar-refractivity contribution in [2.24, 2.45) is 11.7 Å². The molecular formula is C14H23N3. The summed E-state index contributed by atoms with van der Waals surface area (Å²) in [6.45, 7) is 5.46. The van der Waals surface area contributed by atoms with Crippen LogP contribution in [0.3, 0.4) is 0 Å². The van der Waals surface area contributed by atoms with Crippen LogP contribution in [0.1, 0.15) is 37.9 Å². The second kappa shape index (κ2) is 6.12. The minimum atomic E-state index is 0.440. The summed E-state index contributed by atoms with van der Waals surface area (Å²) >= 11 is 0. The average molecular weight is 233 g/mol. The van der Waals surface area contributed by atoms with Crippen molar-refractivity contribution in [1.29, 1.82) is 0 Å². The highest BCUT2D eigenvalue weighted by molar-refractivity contribution is 5.08. The third kappa shape index (κ3) is 3.27. The third-order valence-corrected chi connectivity index (χ3v) is 3.89. The molecule has 0 aliphatic carbocycles. The van der Waals surface area contributed by atoms with Gasteiger partial charge >= 0.3 is 0 Å². The summed E-state index contributed by atoms with van der Waals surface area (Å²) in [7, 11) is 0. The number of nitrogens with zero attached hydrogens (tertiary/aromatic N) is 2. The van der Waals surface area contributed by atoms with Gasteiger partial charge in [-0.3, -0.25) is 9.88 Å². The number of pyridine rings is 1. The van der Waals surface area contributed by atoms with E-state index in [0.29, 0.717) is 6.04 Å². The normalized spacial score (nSPS) is 20.4. The standard InChI is InChI=1S/C14H23N3/c1-12(14-4-2-3-9-16-14)17-10-6-13(5-8-15)7-11-17/h2-4,9,12-13H,5-8,10-11,15H2,1H3. The first-order chi connectivity index (χ1) is 8.31. The first-order valence-electron chi connectivity index (χ1n) is 6.66. The molecule has 1 atom stereocenters. The number of hydrogen-bond donors (Lipinski definition) is 1. The minimum Gasteiger partial charge on any atom is -0.330 e. The fourth-order valence-corrected chi connectivity index (χ4v) is 2.67. The summed E-state index contributed by atoms with van der Waals surface area (Å²) in [5.74, 6) is 0.840. The zero-order chi connectivity index (χ0) is 12.1. The van der Waals surface area contributed by atoms with E-state index in [9.17, 15) is 0 Å². The Kier molecular flexibility index (Phi) is 4.51. The van der Waals surface area contributed by atoms with Gasteiger partial charge in [0.25, 0.3) is 0 Å². The SMILES string of the molecule is CC(c1ccccn1)N1CCC(CCN)CC1. The molecule has 0 amide bonds. The van der Waals surface area contributed by atoms with Gasteiger partial charge in [0.2, 0.25) is 0 Å². The van der Waals surface area contributed by atoms with Crippen LogP contribution in [0.15, 0.2) is 24.4 Å². The van der Waals surface area contributed by atoms with E-state index in [1.807, 2.05) is 12.3 Å². The molecule has 2 heterocycles. The van der Waals surface area contributed by atoms with Crippen molar-refractivity contribution in [3.63, 3.8) is 0 Å². The number of rotatable bonds is 4. The molecule has 0 radical (unpaired) electrons. The zero-order valence-corrected chi connectivity index (χ0v) is 10.7. The lowest BCUT2D eigenvalue weighted by Gasteiger charge is -2.35. The Morgan fingerprint density at radius 1 is 1.41 bits per heavy atom. The van der Waals surface area contributed by atoms with Crippen LogP contribution in [0, 0.1) is 5.92 Å². The minimum absolute atomic E-state index is 0.440.